The van der Waals surface area contributed by atoms with Crippen molar-refractivity contribution in [2.45, 2.75) is 0 Å². The van der Waals surface area contributed by atoms with Crippen LogP contribution >= 0.6 is 71.0 Å². The molecule has 0 heterocycles. The zero-order valence-corrected chi connectivity index (χ0v) is 11.9. The minimum Gasteiger partial charge on any atom is -0.0827 e. The molecule has 0 bridgehead atoms. The molecule has 0 N–H and O–H groups in total. The Labute approximate surface area is 106 Å². The van der Waals surface area contributed by atoms with E-state index in [-0.39, 0.29) is 0 Å². The number of halogens is 5. The van der Waals surface area contributed by atoms with Crippen molar-refractivity contribution in [1.82, 2.24) is 0 Å². The molecule has 0 nitrogen and oxygen atoms in total. The Morgan fingerprint density at radius 1 is 0.833 bits per heavy atom. The van der Waals surface area contributed by atoms with Gasteiger partial charge in [0.1, 0.15) is 0 Å². The maximum Gasteiger partial charge on any atom is 0.0716 e. The number of hydrogen-bond donors (Lipinski definition) is 0. The molecule has 1 radical (unpaired) electrons. The van der Waals surface area contributed by atoms with Crippen molar-refractivity contribution >= 4 is 71.0 Å². The Hall–Kier alpha value is 1.24. The topological polar surface area (TPSA) is 0 Å². The zero-order valence-electron chi connectivity index (χ0n) is 5.60. The van der Waals surface area contributed by atoms with E-state index in [2.05, 4.69) is 54.7 Å². The third kappa shape index (κ3) is 1.85. The van der Waals surface area contributed by atoms with Crippen LogP contribution in [-0.2, 0) is 0 Å². The first kappa shape index (κ1) is 11.3. The van der Waals surface area contributed by atoms with Crippen LogP contribution in [0.4, 0.5) is 0 Å². The van der Waals surface area contributed by atoms with Gasteiger partial charge in [0.2, 0.25) is 0 Å². The molecule has 0 aliphatic rings. The second kappa shape index (κ2) is 4.18. The molecular weight excluding hydrogens is 395 g/mol. The Bertz CT molecular complexity index is 231. The molecule has 1 aromatic carbocycles. The molecule has 0 saturated heterocycles. The molecule has 5 heteroatoms. The van der Waals surface area contributed by atoms with Crippen molar-refractivity contribution in [1.29, 1.82) is 0 Å². The van der Waals surface area contributed by atoms with Crippen LogP contribution in [0.1, 0.15) is 5.56 Å². The first-order chi connectivity index (χ1) is 5.46. The summed E-state index contributed by atoms with van der Waals surface area (Å²) in [4.78, 5) is 0. The summed E-state index contributed by atoms with van der Waals surface area (Å²) in [6.07, 6.45) is 0. The van der Waals surface area contributed by atoms with Gasteiger partial charge in [-0.05, 0) is 60.3 Å². The van der Waals surface area contributed by atoms with Gasteiger partial charge in [0.05, 0.1) is 19.0 Å². The molecule has 65 valence electrons. The maximum absolute atomic E-state index is 5.92. The maximum atomic E-state index is 5.92. The van der Waals surface area contributed by atoms with Crippen molar-refractivity contribution < 1.29 is 0 Å². The van der Waals surface area contributed by atoms with E-state index in [9.17, 15) is 0 Å². The van der Waals surface area contributed by atoms with Gasteiger partial charge < -0.3 is 0 Å². The van der Waals surface area contributed by atoms with Crippen molar-refractivity contribution in [3.05, 3.63) is 36.0 Å². The highest BCUT2D eigenvalue weighted by molar-refractivity contribution is 9.13. The lowest BCUT2D eigenvalue weighted by Gasteiger charge is -2.08. The smallest absolute Gasteiger partial charge is 0.0716 e. The fourth-order valence-corrected chi connectivity index (χ4v) is 2.84. The molecule has 0 fully saturated rings. The standard InChI is InChI=1S/C7H2Br3Cl2/c1-2-3(8)4(9)7(12)5(10)6(2)11/h1H2. The average molecular weight is 397 g/mol. The first-order valence-corrected chi connectivity index (χ1v) is 5.93. The van der Waals surface area contributed by atoms with Crippen molar-refractivity contribution in [3.63, 3.8) is 0 Å². The Morgan fingerprint density at radius 2 is 1.33 bits per heavy atom. The Morgan fingerprint density at radius 3 is 1.83 bits per heavy atom. The Balaban J connectivity index is 3.60. The summed E-state index contributed by atoms with van der Waals surface area (Å²) in [6, 6.07) is 0. The van der Waals surface area contributed by atoms with Gasteiger partial charge in [-0.1, -0.05) is 23.2 Å². The molecule has 0 unspecified atom stereocenters. The van der Waals surface area contributed by atoms with Crippen LogP contribution in [0.3, 0.4) is 0 Å². The summed E-state index contributed by atoms with van der Waals surface area (Å²) in [5.74, 6) is 0. The van der Waals surface area contributed by atoms with E-state index in [1.165, 1.54) is 0 Å². The second-order valence-corrected chi connectivity index (χ2v) is 5.18. The summed E-state index contributed by atoms with van der Waals surface area (Å²) in [5, 5.41) is 1.06. The highest BCUT2D eigenvalue weighted by atomic mass is 79.9. The summed E-state index contributed by atoms with van der Waals surface area (Å²) in [5.41, 5.74) is 0.708. The lowest BCUT2D eigenvalue weighted by Crippen LogP contribution is -1.84. The van der Waals surface area contributed by atoms with Gasteiger partial charge in [-0.15, -0.1) is 0 Å². The largest absolute Gasteiger partial charge is 0.0827 e. The summed E-state index contributed by atoms with van der Waals surface area (Å²) in [6.45, 7) is 3.78. The predicted molar refractivity (Wildman–Crippen MR) is 64.0 cm³/mol. The van der Waals surface area contributed by atoms with Crippen LogP contribution in [0.5, 0.6) is 0 Å². The minimum absolute atomic E-state index is 0.523. The molecule has 1 rings (SSSR count). The fourth-order valence-electron chi connectivity index (χ4n) is 0.650. The third-order valence-electron chi connectivity index (χ3n) is 1.30. The molecule has 0 aliphatic heterocycles. The van der Waals surface area contributed by atoms with E-state index in [0.717, 1.165) is 8.95 Å². The van der Waals surface area contributed by atoms with Crippen molar-refractivity contribution in [2.24, 2.45) is 0 Å². The lowest BCUT2D eigenvalue weighted by atomic mass is 10.2. The molecule has 0 aromatic heterocycles. The Kier molecular flexibility index (Phi) is 3.94. The SMILES string of the molecule is [CH2]c1c(Cl)c(Br)c(Cl)c(Br)c1Br. The van der Waals surface area contributed by atoms with Gasteiger partial charge in [-0.2, -0.15) is 0 Å². The average Bonchev–Trinajstić information content (AvgIpc) is 2.08. The van der Waals surface area contributed by atoms with Crippen LogP contribution in [0.2, 0.25) is 10.0 Å². The minimum atomic E-state index is 0.523. The second-order valence-electron chi connectivity index (χ2n) is 2.05. The number of hydrogen-bond acceptors (Lipinski definition) is 0. The third-order valence-corrected chi connectivity index (χ3v) is 5.77. The number of benzene rings is 1. The van der Waals surface area contributed by atoms with Gasteiger partial charge in [0.25, 0.3) is 0 Å². The van der Waals surface area contributed by atoms with E-state index in [0.29, 0.717) is 20.1 Å². The number of rotatable bonds is 0. The van der Waals surface area contributed by atoms with E-state index < -0.39 is 0 Å². The molecular formula is C7H2Br3Cl2. The normalized spacial score (nSPS) is 10.5. The van der Waals surface area contributed by atoms with Crippen molar-refractivity contribution in [3.8, 4) is 0 Å². The van der Waals surface area contributed by atoms with Crippen LogP contribution in [0.25, 0.3) is 0 Å². The quantitative estimate of drug-likeness (QED) is 0.403. The lowest BCUT2D eigenvalue weighted by molar-refractivity contribution is 1.48. The molecule has 0 aliphatic carbocycles. The molecule has 0 amide bonds. The van der Waals surface area contributed by atoms with Crippen LogP contribution in [-0.4, -0.2) is 0 Å². The van der Waals surface area contributed by atoms with Gasteiger partial charge in [-0.25, -0.2) is 0 Å². The fraction of sp³-hybridized carbons (Fsp3) is 0. The molecule has 12 heavy (non-hydrogen) atoms. The van der Waals surface area contributed by atoms with Crippen LogP contribution in [0, 0.1) is 6.92 Å². The summed E-state index contributed by atoms with van der Waals surface area (Å²) < 4.78 is 2.19. The van der Waals surface area contributed by atoms with Gasteiger partial charge >= 0.3 is 0 Å². The van der Waals surface area contributed by atoms with E-state index in [1.807, 2.05) is 0 Å². The van der Waals surface area contributed by atoms with E-state index >= 15 is 0 Å². The van der Waals surface area contributed by atoms with E-state index in [4.69, 9.17) is 23.2 Å². The predicted octanol–water partition coefficient (Wildman–Crippen LogP) is 5.46. The van der Waals surface area contributed by atoms with Crippen molar-refractivity contribution in [2.75, 3.05) is 0 Å². The first-order valence-electron chi connectivity index (χ1n) is 2.80. The highest BCUT2D eigenvalue weighted by Crippen LogP contribution is 2.43. The van der Waals surface area contributed by atoms with Crippen LogP contribution < -0.4 is 0 Å². The van der Waals surface area contributed by atoms with Crippen LogP contribution in [0.15, 0.2) is 13.4 Å². The molecule has 1 aromatic rings. The highest BCUT2D eigenvalue weighted by Gasteiger charge is 2.14. The monoisotopic (exact) mass is 393 g/mol. The van der Waals surface area contributed by atoms with Gasteiger partial charge in [-0.3, -0.25) is 0 Å². The summed E-state index contributed by atoms with van der Waals surface area (Å²) in [7, 11) is 0. The molecule has 0 atom stereocenters. The summed E-state index contributed by atoms with van der Waals surface area (Å²) >= 11 is 21.7. The molecule has 0 saturated carbocycles. The molecule has 0 spiro atoms. The zero-order chi connectivity index (χ0) is 9.46. The van der Waals surface area contributed by atoms with Gasteiger partial charge in [0.15, 0.2) is 0 Å². The van der Waals surface area contributed by atoms with Gasteiger partial charge in [0, 0.05) is 4.47 Å². The van der Waals surface area contributed by atoms with E-state index in [1.54, 1.807) is 0 Å².